The fourth-order valence-electron chi connectivity index (χ4n) is 2.12. The van der Waals surface area contributed by atoms with E-state index in [9.17, 15) is 9.59 Å². The molecule has 0 aliphatic carbocycles. The van der Waals surface area contributed by atoms with E-state index in [2.05, 4.69) is 15.6 Å². The zero-order valence-corrected chi connectivity index (χ0v) is 12.0. The number of oxazole rings is 1. The highest BCUT2D eigenvalue weighted by molar-refractivity contribution is 5.74. The first-order valence-electron chi connectivity index (χ1n) is 6.87. The van der Waals surface area contributed by atoms with Crippen LogP contribution in [0.15, 0.2) is 59.1 Å². The zero-order chi connectivity index (χ0) is 16.1. The third-order valence-corrected chi connectivity index (χ3v) is 3.26. The highest BCUT2D eigenvalue weighted by Crippen LogP contribution is 2.27. The Morgan fingerprint density at radius 2 is 1.30 bits per heavy atom. The second kappa shape index (κ2) is 6.57. The minimum atomic E-state index is 0.493. The molecule has 0 aliphatic rings. The lowest BCUT2D eigenvalue weighted by Crippen LogP contribution is -1.92. The van der Waals surface area contributed by atoms with Crippen LogP contribution in [-0.4, -0.2) is 17.8 Å². The molecule has 0 aliphatic heterocycles. The molecule has 6 heteroatoms. The second-order valence-electron chi connectivity index (χ2n) is 4.71. The largest absolute Gasteiger partial charge is 0.436 e. The number of nitrogens with one attached hydrogen (secondary N) is 2. The van der Waals surface area contributed by atoms with Crippen molar-refractivity contribution < 1.29 is 14.0 Å². The summed E-state index contributed by atoms with van der Waals surface area (Å²) < 4.78 is 5.76. The topological polar surface area (TPSA) is 84.2 Å². The first-order chi connectivity index (χ1) is 11.3. The van der Waals surface area contributed by atoms with E-state index >= 15 is 0 Å². The molecular weight excluding hydrogens is 294 g/mol. The van der Waals surface area contributed by atoms with E-state index in [1.807, 2.05) is 24.3 Å². The maximum absolute atomic E-state index is 10.4. The van der Waals surface area contributed by atoms with Gasteiger partial charge in [0.1, 0.15) is 0 Å². The molecule has 3 aromatic rings. The summed E-state index contributed by atoms with van der Waals surface area (Å²) in [7, 11) is 0. The van der Waals surface area contributed by atoms with Crippen LogP contribution in [0.2, 0.25) is 0 Å². The maximum Gasteiger partial charge on any atom is 0.226 e. The predicted molar refractivity (Wildman–Crippen MR) is 86.7 cm³/mol. The van der Waals surface area contributed by atoms with Crippen molar-refractivity contribution in [1.29, 1.82) is 0 Å². The molecular formula is C17H13N3O3. The summed E-state index contributed by atoms with van der Waals surface area (Å²) in [5, 5.41) is 5.15. The third-order valence-electron chi connectivity index (χ3n) is 3.26. The lowest BCUT2D eigenvalue weighted by molar-refractivity contribution is -0.106. The number of carbonyl (C=O) groups is 2. The number of aromatic nitrogens is 1. The number of benzene rings is 2. The van der Waals surface area contributed by atoms with E-state index < -0.39 is 0 Å². The Kier molecular flexibility index (Phi) is 4.15. The van der Waals surface area contributed by atoms with Crippen molar-refractivity contribution >= 4 is 24.2 Å². The highest BCUT2D eigenvalue weighted by Gasteiger charge is 2.08. The van der Waals surface area contributed by atoms with Gasteiger partial charge in [0.2, 0.25) is 18.7 Å². The Bertz CT molecular complexity index is 740. The van der Waals surface area contributed by atoms with Crippen molar-refractivity contribution in [3.63, 3.8) is 0 Å². The summed E-state index contributed by atoms with van der Waals surface area (Å²) >= 11 is 0. The number of carbonyl (C=O) groups excluding carboxylic acids is 2. The first-order valence-corrected chi connectivity index (χ1v) is 6.87. The monoisotopic (exact) mass is 307 g/mol. The van der Waals surface area contributed by atoms with Crippen LogP contribution < -0.4 is 10.6 Å². The average Bonchev–Trinajstić information content (AvgIpc) is 3.07. The lowest BCUT2D eigenvalue weighted by atomic mass is 10.2. The van der Waals surface area contributed by atoms with Crippen molar-refractivity contribution in [2.24, 2.45) is 0 Å². The van der Waals surface area contributed by atoms with Gasteiger partial charge in [-0.3, -0.25) is 9.59 Å². The number of rotatable bonds is 6. The molecule has 0 unspecified atom stereocenters. The molecule has 2 amide bonds. The normalized spacial score (nSPS) is 10.1. The van der Waals surface area contributed by atoms with Gasteiger partial charge in [0, 0.05) is 22.5 Å². The van der Waals surface area contributed by atoms with Gasteiger partial charge < -0.3 is 15.1 Å². The molecule has 0 saturated heterocycles. The molecule has 1 aromatic heterocycles. The van der Waals surface area contributed by atoms with E-state index in [1.54, 1.807) is 30.5 Å². The van der Waals surface area contributed by atoms with Gasteiger partial charge in [-0.2, -0.15) is 0 Å². The van der Waals surface area contributed by atoms with Crippen molar-refractivity contribution in [2.45, 2.75) is 0 Å². The summed E-state index contributed by atoms with van der Waals surface area (Å²) in [6.07, 6.45) is 2.90. The molecule has 0 bridgehead atoms. The average molecular weight is 307 g/mol. The highest BCUT2D eigenvalue weighted by atomic mass is 16.4. The van der Waals surface area contributed by atoms with E-state index in [0.717, 1.165) is 11.1 Å². The molecule has 0 atom stereocenters. The molecule has 0 spiro atoms. The molecule has 2 N–H and O–H groups in total. The molecule has 2 aromatic carbocycles. The fraction of sp³-hybridized carbons (Fsp3) is 0. The summed E-state index contributed by atoms with van der Waals surface area (Å²) in [4.78, 5) is 25.0. The number of hydrogen-bond acceptors (Lipinski definition) is 4. The van der Waals surface area contributed by atoms with Crippen molar-refractivity contribution in [1.82, 2.24) is 4.98 Å². The number of anilines is 2. The SMILES string of the molecule is O=CNc1ccc(-c2cnc(-c3ccc(NC=O)cc3)o2)cc1. The zero-order valence-electron chi connectivity index (χ0n) is 12.0. The molecule has 0 saturated carbocycles. The molecule has 23 heavy (non-hydrogen) atoms. The second-order valence-corrected chi connectivity index (χ2v) is 4.71. The minimum Gasteiger partial charge on any atom is -0.436 e. The van der Waals surface area contributed by atoms with Crippen LogP contribution in [0.1, 0.15) is 0 Å². The molecule has 3 rings (SSSR count). The summed E-state index contributed by atoms with van der Waals surface area (Å²) in [6, 6.07) is 14.4. The van der Waals surface area contributed by atoms with E-state index in [0.29, 0.717) is 35.8 Å². The van der Waals surface area contributed by atoms with Crippen molar-refractivity contribution in [3.05, 3.63) is 54.7 Å². The van der Waals surface area contributed by atoms with Crippen molar-refractivity contribution in [3.8, 4) is 22.8 Å². The minimum absolute atomic E-state index is 0.493. The first kappa shape index (κ1) is 14.5. The quantitative estimate of drug-likeness (QED) is 0.685. The molecule has 0 fully saturated rings. The predicted octanol–water partition coefficient (Wildman–Crippen LogP) is 3.15. The van der Waals surface area contributed by atoms with Gasteiger partial charge >= 0.3 is 0 Å². The summed E-state index contributed by atoms with van der Waals surface area (Å²) in [5.41, 5.74) is 3.09. The van der Waals surface area contributed by atoms with E-state index in [4.69, 9.17) is 4.42 Å². The van der Waals surface area contributed by atoms with Gasteiger partial charge in [0.15, 0.2) is 5.76 Å². The van der Waals surface area contributed by atoms with Crippen LogP contribution in [0.4, 0.5) is 11.4 Å². The molecule has 0 radical (unpaired) electrons. The number of amides is 2. The lowest BCUT2D eigenvalue weighted by Gasteiger charge is -2.01. The number of hydrogen-bond donors (Lipinski definition) is 2. The number of nitrogens with zero attached hydrogens (tertiary/aromatic N) is 1. The van der Waals surface area contributed by atoms with Crippen LogP contribution in [-0.2, 0) is 9.59 Å². The smallest absolute Gasteiger partial charge is 0.226 e. The van der Waals surface area contributed by atoms with Gasteiger partial charge in [-0.1, -0.05) is 0 Å². The molecule has 114 valence electrons. The van der Waals surface area contributed by atoms with Crippen LogP contribution in [0.5, 0.6) is 0 Å². The van der Waals surface area contributed by atoms with Crippen LogP contribution in [0, 0.1) is 0 Å². The van der Waals surface area contributed by atoms with E-state index in [-0.39, 0.29) is 0 Å². The Labute approximate surface area is 132 Å². The standard InChI is InChI=1S/C17H13N3O3/c21-10-19-14-5-1-12(2-6-14)16-9-18-17(23-16)13-3-7-15(8-4-13)20-11-22/h1-11H,(H,19,21)(H,20,22). The Hall–Kier alpha value is -3.41. The summed E-state index contributed by atoms with van der Waals surface area (Å²) in [5.74, 6) is 1.13. The van der Waals surface area contributed by atoms with Crippen LogP contribution in [0.3, 0.4) is 0 Å². The third kappa shape index (κ3) is 3.26. The molecule has 1 heterocycles. The molecule has 6 nitrogen and oxygen atoms in total. The van der Waals surface area contributed by atoms with Crippen LogP contribution >= 0.6 is 0 Å². The van der Waals surface area contributed by atoms with Gasteiger partial charge in [0.05, 0.1) is 6.20 Å². The summed E-state index contributed by atoms with van der Waals surface area (Å²) in [6.45, 7) is 0. The van der Waals surface area contributed by atoms with Crippen LogP contribution in [0.25, 0.3) is 22.8 Å². The Morgan fingerprint density at radius 1 is 0.783 bits per heavy atom. The Balaban J connectivity index is 1.81. The van der Waals surface area contributed by atoms with Gasteiger partial charge in [-0.25, -0.2) is 4.98 Å². The fourth-order valence-corrected chi connectivity index (χ4v) is 2.12. The van der Waals surface area contributed by atoms with Gasteiger partial charge in [-0.05, 0) is 48.5 Å². The maximum atomic E-state index is 10.4. The van der Waals surface area contributed by atoms with Gasteiger partial charge in [-0.15, -0.1) is 0 Å². The van der Waals surface area contributed by atoms with Gasteiger partial charge in [0.25, 0.3) is 0 Å². The Morgan fingerprint density at radius 3 is 1.83 bits per heavy atom. The van der Waals surface area contributed by atoms with E-state index in [1.165, 1.54) is 0 Å². The van der Waals surface area contributed by atoms with Crippen molar-refractivity contribution in [2.75, 3.05) is 10.6 Å².